The molecular formula is C33H44FN3O5. The average molecular weight is 582 g/mol. The Labute approximate surface area is 248 Å². The Hall–Kier alpha value is -3.46. The highest BCUT2D eigenvalue weighted by atomic mass is 19.1. The van der Waals surface area contributed by atoms with Gasteiger partial charge in [0, 0.05) is 13.1 Å². The molecule has 1 spiro atoms. The summed E-state index contributed by atoms with van der Waals surface area (Å²) in [6.45, 7) is 7.38. The molecule has 0 bridgehead atoms. The standard InChI is InChI=1S/C33H44FN3O5/c1-4-5-18-36-19-21-41-28-16-9-7-12-25(28)13-10-11-17-33(31(36)40)24-37(20-22-42-33)30(39)32(2,3)35-29(38)23-26-14-6-8-15-27(26)34/h6-9,12,14-16H,4-5,10-11,13,17-24H2,1-3H3,(H,35,38). The maximum Gasteiger partial charge on any atom is 0.256 e. The van der Waals surface area contributed by atoms with Crippen LogP contribution >= 0.6 is 0 Å². The number of nitrogens with one attached hydrogen (secondary N) is 1. The van der Waals surface area contributed by atoms with Crippen LogP contribution in [-0.2, 0) is 32.0 Å². The Kier molecular flexibility index (Phi) is 10.6. The van der Waals surface area contributed by atoms with Crippen molar-refractivity contribution in [3.8, 4) is 5.75 Å². The minimum Gasteiger partial charge on any atom is -0.491 e. The summed E-state index contributed by atoms with van der Waals surface area (Å²) < 4.78 is 26.5. The van der Waals surface area contributed by atoms with Crippen LogP contribution in [0.5, 0.6) is 5.75 Å². The molecule has 1 N–H and O–H groups in total. The van der Waals surface area contributed by atoms with Crippen LogP contribution in [0, 0.1) is 5.82 Å². The van der Waals surface area contributed by atoms with Crippen molar-refractivity contribution in [1.82, 2.24) is 15.1 Å². The van der Waals surface area contributed by atoms with Crippen molar-refractivity contribution in [2.24, 2.45) is 0 Å². The van der Waals surface area contributed by atoms with Gasteiger partial charge in [-0.15, -0.1) is 0 Å². The fourth-order valence-electron chi connectivity index (χ4n) is 5.80. The molecule has 228 valence electrons. The number of ether oxygens (including phenoxy) is 2. The molecule has 2 aromatic carbocycles. The summed E-state index contributed by atoms with van der Waals surface area (Å²) in [6, 6.07) is 14.1. The maximum absolute atomic E-state index is 14.2. The van der Waals surface area contributed by atoms with Crippen molar-refractivity contribution in [3.05, 3.63) is 65.5 Å². The molecule has 9 heteroatoms. The van der Waals surface area contributed by atoms with Gasteiger partial charge in [0.1, 0.15) is 23.7 Å². The molecule has 2 heterocycles. The van der Waals surface area contributed by atoms with Crippen molar-refractivity contribution >= 4 is 17.7 Å². The Morgan fingerprint density at radius 1 is 1.05 bits per heavy atom. The van der Waals surface area contributed by atoms with E-state index in [9.17, 15) is 18.8 Å². The van der Waals surface area contributed by atoms with Crippen LogP contribution in [0.1, 0.15) is 64.0 Å². The topological polar surface area (TPSA) is 88.2 Å². The number of fused-ring (bicyclic) bond motifs is 1. The predicted molar refractivity (Wildman–Crippen MR) is 159 cm³/mol. The van der Waals surface area contributed by atoms with E-state index in [1.165, 1.54) is 6.07 Å². The molecule has 0 saturated carbocycles. The lowest BCUT2D eigenvalue weighted by atomic mass is 9.90. The quantitative estimate of drug-likeness (QED) is 0.527. The van der Waals surface area contributed by atoms with Gasteiger partial charge in [-0.1, -0.05) is 49.7 Å². The third-order valence-corrected chi connectivity index (χ3v) is 8.10. The number of para-hydroxylation sites is 1. The van der Waals surface area contributed by atoms with Crippen LogP contribution < -0.4 is 10.1 Å². The number of unbranched alkanes of at least 4 members (excludes halogenated alkanes) is 1. The highest BCUT2D eigenvalue weighted by molar-refractivity contribution is 5.92. The second kappa shape index (κ2) is 14.1. The summed E-state index contributed by atoms with van der Waals surface area (Å²) in [5.74, 6) is -0.472. The fraction of sp³-hybridized carbons (Fsp3) is 0.545. The highest BCUT2D eigenvalue weighted by Crippen LogP contribution is 2.30. The number of halogens is 1. The highest BCUT2D eigenvalue weighted by Gasteiger charge is 2.48. The number of hydrogen-bond donors (Lipinski definition) is 1. The Bertz CT molecular complexity index is 1250. The van der Waals surface area contributed by atoms with Gasteiger partial charge in [-0.3, -0.25) is 14.4 Å². The van der Waals surface area contributed by atoms with Gasteiger partial charge in [-0.25, -0.2) is 4.39 Å². The molecule has 2 aliphatic rings. The number of amides is 3. The minimum atomic E-state index is -1.26. The van der Waals surface area contributed by atoms with Crippen molar-refractivity contribution in [1.29, 1.82) is 0 Å². The molecule has 1 unspecified atom stereocenters. The van der Waals surface area contributed by atoms with E-state index >= 15 is 0 Å². The Balaban J connectivity index is 1.51. The first-order valence-electron chi connectivity index (χ1n) is 15.1. The van der Waals surface area contributed by atoms with Crippen LogP contribution in [-0.4, -0.2) is 78.1 Å². The lowest BCUT2D eigenvalue weighted by Crippen LogP contribution is -2.65. The third-order valence-electron chi connectivity index (χ3n) is 8.10. The summed E-state index contributed by atoms with van der Waals surface area (Å²) >= 11 is 0. The van der Waals surface area contributed by atoms with Crippen molar-refractivity contribution < 1.29 is 28.2 Å². The van der Waals surface area contributed by atoms with E-state index in [1.54, 1.807) is 36.9 Å². The third kappa shape index (κ3) is 7.68. The van der Waals surface area contributed by atoms with E-state index in [1.807, 2.05) is 23.1 Å². The zero-order valence-corrected chi connectivity index (χ0v) is 25.1. The molecule has 42 heavy (non-hydrogen) atoms. The van der Waals surface area contributed by atoms with Crippen molar-refractivity contribution in [3.63, 3.8) is 0 Å². The Morgan fingerprint density at radius 3 is 2.60 bits per heavy atom. The molecule has 0 aliphatic carbocycles. The number of rotatable bonds is 7. The molecule has 1 atom stereocenters. The van der Waals surface area contributed by atoms with Crippen molar-refractivity contribution in [2.75, 3.05) is 39.4 Å². The Morgan fingerprint density at radius 2 is 1.81 bits per heavy atom. The number of benzene rings is 2. The van der Waals surface area contributed by atoms with Gasteiger partial charge in [0.15, 0.2) is 5.60 Å². The molecule has 2 aromatic rings. The fourth-order valence-corrected chi connectivity index (χ4v) is 5.80. The molecule has 1 saturated heterocycles. The zero-order chi connectivity index (χ0) is 30.2. The number of morpholine rings is 1. The number of carbonyl (C=O) groups excluding carboxylic acids is 3. The molecule has 1 fully saturated rings. The largest absolute Gasteiger partial charge is 0.491 e. The molecule has 8 nitrogen and oxygen atoms in total. The van der Waals surface area contributed by atoms with Crippen LogP contribution in [0.3, 0.4) is 0 Å². The van der Waals surface area contributed by atoms with Gasteiger partial charge in [-0.05, 0) is 69.2 Å². The molecule has 3 amide bonds. The number of carbonyl (C=O) groups is 3. The van der Waals surface area contributed by atoms with Crippen LogP contribution in [0.25, 0.3) is 0 Å². The summed E-state index contributed by atoms with van der Waals surface area (Å²) in [4.78, 5) is 44.3. The maximum atomic E-state index is 14.2. The normalized spacial score (nSPS) is 20.2. The van der Waals surface area contributed by atoms with Crippen molar-refractivity contribution in [2.45, 2.75) is 76.9 Å². The molecule has 4 rings (SSSR count). The lowest BCUT2D eigenvalue weighted by Gasteiger charge is -2.45. The number of hydrogen-bond acceptors (Lipinski definition) is 5. The molecule has 0 aromatic heterocycles. The second-order valence-corrected chi connectivity index (χ2v) is 11.8. The van der Waals surface area contributed by atoms with E-state index in [-0.39, 0.29) is 37.0 Å². The SMILES string of the molecule is CCCCN1CCOc2ccccc2CCCCC2(CN(C(=O)C(C)(C)NC(=O)Cc3ccccc3F)CCO2)C1=O. The molecular weight excluding hydrogens is 537 g/mol. The van der Waals surface area contributed by atoms with Crippen LogP contribution in [0.2, 0.25) is 0 Å². The molecule has 0 radical (unpaired) electrons. The average Bonchev–Trinajstić information content (AvgIpc) is 2.97. The van der Waals surface area contributed by atoms with E-state index in [0.717, 1.165) is 43.4 Å². The van der Waals surface area contributed by atoms with Gasteiger partial charge in [0.2, 0.25) is 11.8 Å². The predicted octanol–water partition coefficient (Wildman–Crippen LogP) is 4.29. The smallest absolute Gasteiger partial charge is 0.256 e. The minimum absolute atomic E-state index is 0.108. The summed E-state index contributed by atoms with van der Waals surface area (Å²) in [7, 11) is 0. The number of aryl methyl sites for hydroxylation is 1. The monoisotopic (exact) mass is 581 g/mol. The first-order chi connectivity index (χ1) is 20.1. The first-order valence-corrected chi connectivity index (χ1v) is 15.1. The van der Waals surface area contributed by atoms with E-state index in [2.05, 4.69) is 18.3 Å². The van der Waals surface area contributed by atoms with Crippen LogP contribution in [0.15, 0.2) is 48.5 Å². The van der Waals surface area contributed by atoms with Gasteiger partial charge >= 0.3 is 0 Å². The van der Waals surface area contributed by atoms with Gasteiger partial charge in [0.05, 0.1) is 26.1 Å². The van der Waals surface area contributed by atoms with E-state index in [0.29, 0.717) is 32.7 Å². The molecule has 2 aliphatic heterocycles. The lowest BCUT2D eigenvalue weighted by molar-refractivity contribution is -0.178. The number of nitrogens with zero attached hydrogens (tertiary/aromatic N) is 2. The zero-order valence-electron chi connectivity index (χ0n) is 25.1. The van der Waals surface area contributed by atoms with Gasteiger partial charge in [-0.2, -0.15) is 0 Å². The van der Waals surface area contributed by atoms with E-state index in [4.69, 9.17) is 9.47 Å². The van der Waals surface area contributed by atoms with E-state index < -0.39 is 22.9 Å². The summed E-state index contributed by atoms with van der Waals surface area (Å²) in [5, 5.41) is 2.78. The second-order valence-electron chi connectivity index (χ2n) is 11.8. The van der Waals surface area contributed by atoms with Gasteiger partial charge < -0.3 is 24.6 Å². The summed E-state index contributed by atoms with van der Waals surface area (Å²) in [6.07, 6.45) is 4.51. The van der Waals surface area contributed by atoms with Crippen LogP contribution in [0.4, 0.5) is 4.39 Å². The van der Waals surface area contributed by atoms with Gasteiger partial charge in [0.25, 0.3) is 5.91 Å². The summed E-state index contributed by atoms with van der Waals surface area (Å²) in [5.41, 5.74) is -1.02. The first kappa shape index (κ1) is 31.5.